The number of halogens is 1. The van der Waals surface area contributed by atoms with E-state index in [0.717, 1.165) is 45.3 Å². The molecule has 0 saturated heterocycles. The van der Waals surface area contributed by atoms with Gasteiger partial charge in [-0.1, -0.05) is 23.7 Å². The predicted octanol–water partition coefficient (Wildman–Crippen LogP) is 5.84. The van der Waals surface area contributed by atoms with E-state index in [0.29, 0.717) is 36.5 Å². The van der Waals surface area contributed by atoms with Crippen molar-refractivity contribution in [3.8, 4) is 5.75 Å². The highest BCUT2D eigenvalue weighted by Gasteiger charge is 2.25. The Bertz CT molecular complexity index is 1490. The van der Waals surface area contributed by atoms with Crippen LogP contribution in [0.4, 0.5) is 11.5 Å². The Morgan fingerprint density at radius 1 is 1.26 bits per heavy atom. The molecule has 0 radical (unpaired) electrons. The summed E-state index contributed by atoms with van der Waals surface area (Å²) in [7, 11) is 2.05. The van der Waals surface area contributed by atoms with Gasteiger partial charge in [0.05, 0.1) is 22.6 Å². The van der Waals surface area contributed by atoms with Crippen molar-refractivity contribution in [2.24, 2.45) is 0 Å². The normalized spacial score (nSPS) is 13.4. The predicted molar refractivity (Wildman–Crippen MR) is 157 cm³/mol. The van der Waals surface area contributed by atoms with Crippen molar-refractivity contribution in [1.29, 1.82) is 0 Å². The highest BCUT2D eigenvalue weighted by molar-refractivity contribution is 7.19. The van der Waals surface area contributed by atoms with Crippen molar-refractivity contribution in [1.82, 2.24) is 24.8 Å². The number of benzene rings is 1. The van der Waals surface area contributed by atoms with Crippen LogP contribution in [-0.2, 0) is 24.4 Å². The molecule has 1 amide bonds. The van der Waals surface area contributed by atoms with Crippen molar-refractivity contribution in [2.75, 3.05) is 25.5 Å². The zero-order valence-electron chi connectivity index (χ0n) is 22.2. The lowest BCUT2D eigenvalue weighted by Gasteiger charge is -2.26. The summed E-state index contributed by atoms with van der Waals surface area (Å²) in [5, 5.41) is 4.91. The summed E-state index contributed by atoms with van der Waals surface area (Å²) in [5.41, 5.74) is 2.83. The first-order valence-electron chi connectivity index (χ1n) is 12.9. The minimum atomic E-state index is 0.0414. The molecule has 10 heteroatoms. The first-order chi connectivity index (χ1) is 18.9. The summed E-state index contributed by atoms with van der Waals surface area (Å²) >= 11 is 8.15. The van der Waals surface area contributed by atoms with E-state index in [9.17, 15) is 4.79 Å². The highest BCUT2D eigenvalue weighted by atomic mass is 35.5. The van der Waals surface area contributed by atoms with E-state index in [1.54, 1.807) is 29.9 Å². The fraction of sp³-hybridized carbons (Fsp3) is 0.310. The number of carbonyl (C=O) groups excluding carboxylic acids is 1. The van der Waals surface area contributed by atoms with Crippen LogP contribution in [-0.4, -0.2) is 56.8 Å². The van der Waals surface area contributed by atoms with Crippen molar-refractivity contribution < 1.29 is 9.53 Å². The molecule has 3 aromatic heterocycles. The fourth-order valence-corrected chi connectivity index (χ4v) is 5.75. The van der Waals surface area contributed by atoms with Crippen LogP contribution in [0.5, 0.6) is 5.75 Å². The minimum absolute atomic E-state index is 0.0414. The molecule has 0 unspecified atom stereocenters. The van der Waals surface area contributed by atoms with Crippen molar-refractivity contribution in [3.63, 3.8) is 0 Å². The molecule has 4 heterocycles. The van der Waals surface area contributed by atoms with E-state index in [1.165, 1.54) is 5.56 Å². The summed E-state index contributed by atoms with van der Waals surface area (Å²) in [6, 6.07) is 11.7. The van der Waals surface area contributed by atoms with E-state index in [-0.39, 0.29) is 5.91 Å². The second kappa shape index (κ2) is 12.1. The topological polar surface area (TPSA) is 83.5 Å². The molecule has 1 N–H and O–H groups in total. The van der Waals surface area contributed by atoms with E-state index in [4.69, 9.17) is 16.3 Å². The number of amides is 1. The molecular formula is C29H31ClN6O2S. The number of carbonyl (C=O) groups is 1. The molecule has 5 rings (SSSR count). The van der Waals surface area contributed by atoms with Gasteiger partial charge in [0.15, 0.2) is 0 Å². The monoisotopic (exact) mass is 562 g/mol. The van der Waals surface area contributed by atoms with Gasteiger partial charge in [-0.3, -0.25) is 9.78 Å². The Labute approximate surface area is 237 Å². The van der Waals surface area contributed by atoms with E-state index >= 15 is 0 Å². The molecule has 0 spiro atoms. The van der Waals surface area contributed by atoms with Crippen LogP contribution in [0.3, 0.4) is 0 Å². The van der Waals surface area contributed by atoms with Crippen LogP contribution in [0.15, 0.2) is 61.1 Å². The number of ether oxygens (including phenoxy) is 1. The number of fused-ring (bicyclic) bond motifs is 3. The van der Waals surface area contributed by atoms with Gasteiger partial charge in [-0.2, -0.15) is 0 Å². The summed E-state index contributed by atoms with van der Waals surface area (Å²) in [4.78, 5) is 32.3. The first kappa shape index (κ1) is 27.1. The molecule has 0 bridgehead atoms. The molecule has 202 valence electrons. The number of rotatable bonds is 9. The second-order valence-corrected chi connectivity index (χ2v) is 11.2. The molecule has 0 saturated carbocycles. The Kier molecular flexibility index (Phi) is 8.40. The van der Waals surface area contributed by atoms with Gasteiger partial charge in [0, 0.05) is 42.0 Å². The summed E-state index contributed by atoms with van der Waals surface area (Å²) in [6.45, 7) is 6.59. The summed E-state index contributed by atoms with van der Waals surface area (Å²) < 4.78 is 5.85. The smallest absolute Gasteiger partial charge is 0.246 e. The molecule has 8 nitrogen and oxygen atoms in total. The molecule has 1 aliphatic heterocycles. The largest absolute Gasteiger partial charge is 0.486 e. The highest BCUT2D eigenvalue weighted by Crippen LogP contribution is 2.38. The minimum Gasteiger partial charge on any atom is -0.486 e. The zero-order chi connectivity index (χ0) is 27.4. The third-order valence-corrected chi connectivity index (χ3v) is 8.20. The third-order valence-electron chi connectivity index (χ3n) is 6.78. The van der Waals surface area contributed by atoms with Crippen LogP contribution in [0, 0.1) is 0 Å². The van der Waals surface area contributed by atoms with E-state index in [2.05, 4.69) is 46.1 Å². The van der Waals surface area contributed by atoms with Gasteiger partial charge in [0.1, 0.15) is 29.3 Å². The number of nitrogens with one attached hydrogen (secondary N) is 1. The maximum atomic E-state index is 12.8. The summed E-state index contributed by atoms with van der Waals surface area (Å²) in [6.07, 6.45) is 7.69. The Hall–Kier alpha value is -3.53. The fourth-order valence-electron chi connectivity index (χ4n) is 4.31. The van der Waals surface area contributed by atoms with Gasteiger partial charge in [0.2, 0.25) is 5.91 Å². The lowest BCUT2D eigenvalue weighted by atomic mass is 10.0. The third kappa shape index (κ3) is 6.38. The lowest BCUT2D eigenvalue weighted by Crippen LogP contribution is -2.34. The van der Waals surface area contributed by atoms with Crippen LogP contribution in [0.2, 0.25) is 5.02 Å². The number of hydrogen-bond acceptors (Lipinski definition) is 8. The van der Waals surface area contributed by atoms with Crippen LogP contribution in [0.25, 0.3) is 10.2 Å². The SMILES string of the molecule is CC(C)N(C)CC=CC(=O)N1CCc2c(sc3ncnc(Nc4ccc(OCc5ccccn5)c(Cl)c4)c23)C1. The van der Waals surface area contributed by atoms with Crippen LogP contribution in [0.1, 0.15) is 30.0 Å². The van der Waals surface area contributed by atoms with Crippen LogP contribution < -0.4 is 10.1 Å². The number of pyridine rings is 1. The first-order valence-corrected chi connectivity index (χ1v) is 14.1. The molecule has 39 heavy (non-hydrogen) atoms. The van der Waals surface area contributed by atoms with E-state index in [1.807, 2.05) is 47.4 Å². The molecule has 0 aliphatic carbocycles. The van der Waals surface area contributed by atoms with Crippen molar-refractivity contribution in [2.45, 2.75) is 39.5 Å². The average molecular weight is 563 g/mol. The molecule has 1 aromatic carbocycles. The lowest BCUT2D eigenvalue weighted by molar-refractivity contribution is -0.126. The van der Waals surface area contributed by atoms with Gasteiger partial charge in [-0.25, -0.2) is 9.97 Å². The molecule has 1 aliphatic rings. The molecule has 4 aromatic rings. The number of nitrogens with zero attached hydrogens (tertiary/aromatic N) is 5. The quantitative estimate of drug-likeness (QED) is 0.256. The van der Waals surface area contributed by atoms with Crippen molar-refractivity contribution >= 4 is 50.6 Å². The number of likely N-dealkylation sites (N-methyl/N-ethyl adjacent to an activating group) is 1. The van der Waals surface area contributed by atoms with Gasteiger partial charge in [-0.05, 0) is 63.2 Å². The maximum Gasteiger partial charge on any atom is 0.246 e. The number of hydrogen-bond donors (Lipinski definition) is 1. The second-order valence-electron chi connectivity index (χ2n) is 9.73. The maximum absolute atomic E-state index is 12.8. The summed E-state index contributed by atoms with van der Waals surface area (Å²) in [5.74, 6) is 1.36. The van der Waals surface area contributed by atoms with E-state index < -0.39 is 0 Å². The van der Waals surface area contributed by atoms with Gasteiger partial charge in [0.25, 0.3) is 0 Å². The van der Waals surface area contributed by atoms with Crippen LogP contribution >= 0.6 is 22.9 Å². The number of thiophene rings is 1. The number of aromatic nitrogens is 3. The Morgan fingerprint density at radius 3 is 2.90 bits per heavy atom. The standard InChI is InChI=1S/C29H31ClN6O2S/c1-19(2)35(3)13-6-8-26(37)36-14-11-22-25(16-36)39-29-27(22)28(32-18-33-29)34-20-9-10-24(23(30)15-20)38-17-21-7-4-5-12-31-21/h4-10,12,15,18-19H,11,13-14,16-17H2,1-3H3,(H,32,33,34). The van der Waals surface area contributed by atoms with Gasteiger partial charge >= 0.3 is 0 Å². The van der Waals surface area contributed by atoms with Gasteiger partial charge in [-0.15, -0.1) is 11.3 Å². The Balaban J connectivity index is 1.29. The molecule has 0 atom stereocenters. The number of anilines is 2. The molecule has 0 fully saturated rings. The van der Waals surface area contributed by atoms with Gasteiger partial charge < -0.3 is 19.9 Å². The average Bonchev–Trinajstić information content (AvgIpc) is 3.32. The zero-order valence-corrected chi connectivity index (χ0v) is 23.8. The Morgan fingerprint density at radius 2 is 2.13 bits per heavy atom. The molecular weight excluding hydrogens is 532 g/mol. The van der Waals surface area contributed by atoms with Crippen molar-refractivity contribution in [3.05, 3.63) is 82.2 Å².